The Hall–Kier alpha value is -4.63. The molecule has 0 saturated carbocycles. The van der Waals surface area contributed by atoms with Crippen molar-refractivity contribution in [1.82, 2.24) is 10.2 Å². The molecule has 0 spiro atoms. The van der Waals surface area contributed by atoms with E-state index in [4.69, 9.17) is 4.74 Å². The molecule has 242 valence electrons. The van der Waals surface area contributed by atoms with Crippen LogP contribution in [0.2, 0.25) is 0 Å². The number of unbranched alkanes of at least 4 members (excludes halogenated alkanes) is 1. The fourth-order valence-electron chi connectivity index (χ4n) is 5.24. The molecule has 0 radical (unpaired) electrons. The number of nitrogens with zero attached hydrogens (tertiary/aromatic N) is 2. The van der Waals surface area contributed by atoms with Crippen molar-refractivity contribution in [3.8, 4) is 5.75 Å². The number of anilines is 1. The molecule has 0 fully saturated rings. The molecule has 0 aromatic heterocycles. The largest absolute Gasteiger partial charge is 0.492 e. The van der Waals surface area contributed by atoms with Crippen LogP contribution in [0.15, 0.2) is 114 Å². The Labute approximate surface area is 273 Å². The third-order valence-electron chi connectivity index (χ3n) is 7.58. The third-order valence-corrected chi connectivity index (χ3v) is 9.35. The molecule has 4 aromatic rings. The van der Waals surface area contributed by atoms with E-state index in [0.29, 0.717) is 18.9 Å². The van der Waals surface area contributed by atoms with Crippen molar-refractivity contribution < 1.29 is 22.7 Å². The van der Waals surface area contributed by atoms with Crippen molar-refractivity contribution in [1.29, 1.82) is 0 Å². The molecule has 0 saturated heterocycles. The summed E-state index contributed by atoms with van der Waals surface area (Å²) in [6.07, 6.45) is 1.96. The molecule has 8 nitrogen and oxygen atoms in total. The Kier molecular flexibility index (Phi) is 12.4. The lowest BCUT2D eigenvalue weighted by Crippen LogP contribution is -2.53. The Morgan fingerprint density at radius 1 is 0.826 bits per heavy atom. The minimum Gasteiger partial charge on any atom is -0.492 e. The van der Waals surface area contributed by atoms with Crippen LogP contribution < -0.4 is 14.4 Å². The molecule has 46 heavy (non-hydrogen) atoms. The number of aryl methyl sites for hydroxylation is 1. The molecule has 0 bridgehead atoms. The van der Waals surface area contributed by atoms with Gasteiger partial charge < -0.3 is 15.0 Å². The van der Waals surface area contributed by atoms with Gasteiger partial charge in [-0.3, -0.25) is 13.9 Å². The van der Waals surface area contributed by atoms with Gasteiger partial charge in [0.2, 0.25) is 11.8 Å². The van der Waals surface area contributed by atoms with Gasteiger partial charge in [0.15, 0.2) is 0 Å². The highest BCUT2D eigenvalue weighted by Crippen LogP contribution is 2.33. The molecule has 4 aromatic carbocycles. The number of benzene rings is 4. The predicted octanol–water partition coefficient (Wildman–Crippen LogP) is 6.15. The van der Waals surface area contributed by atoms with Gasteiger partial charge in [0, 0.05) is 19.5 Å². The first-order chi connectivity index (χ1) is 22.2. The molecule has 0 aliphatic rings. The van der Waals surface area contributed by atoms with Gasteiger partial charge in [-0.05, 0) is 55.7 Å². The van der Waals surface area contributed by atoms with E-state index in [1.165, 1.54) is 17.0 Å². The van der Waals surface area contributed by atoms with Gasteiger partial charge in [-0.1, -0.05) is 104 Å². The van der Waals surface area contributed by atoms with E-state index in [0.717, 1.165) is 33.8 Å². The normalized spacial score (nSPS) is 11.8. The van der Waals surface area contributed by atoms with Crippen molar-refractivity contribution in [3.63, 3.8) is 0 Å². The highest BCUT2D eigenvalue weighted by Gasteiger charge is 2.35. The monoisotopic (exact) mass is 641 g/mol. The van der Waals surface area contributed by atoms with Crippen molar-refractivity contribution >= 4 is 27.5 Å². The molecule has 1 atom stereocenters. The maximum atomic E-state index is 14.6. The number of hydrogen-bond acceptors (Lipinski definition) is 5. The summed E-state index contributed by atoms with van der Waals surface area (Å²) in [4.78, 5) is 30.1. The van der Waals surface area contributed by atoms with Crippen molar-refractivity contribution in [2.45, 2.75) is 57.5 Å². The number of amides is 2. The Morgan fingerprint density at radius 2 is 1.48 bits per heavy atom. The number of carbonyl (C=O) groups excluding carboxylic acids is 2. The molecule has 2 amide bonds. The van der Waals surface area contributed by atoms with Gasteiger partial charge >= 0.3 is 0 Å². The van der Waals surface area contributed by atoms with Crippen molar-refractivity contribution in [3.05, 3.63) is 126 Å². The van der Waals surface area contributed by atoms with E-state index in [1.807, 2.05) is 75.4 Å². The molecule has 0 aliphatic carbocycles. The summed E-state index contributed by atoms with van der Waals surface area (Å²) in [5, 5.41) is 3.02. The van der Waals surface area contributed by atoms with Crippen LogP contribution in [0.3, 0.4) is 0 Å². The summed E-state index contributed by atoms with van der Waals surface area (Å²) in [7, 11) is -4.22. The lowest BCUT2D eigenvalue weighted by atomic mass is 10.0. The molecular formula is C37H43N3O5S. The zero-order chi connectivity index (χ0) is 32.9. The van der Waals surface area contributed by atoms with Crippen molar-refractivity contribution in [2.75, 3.05) is 24.0 Å². The quantitative estimate of drug-likeness (QED) is 0.148. The Balaban J connectivity index is 1.82. The molecule has 0 unspecified atom stereocenters. The van der Waals surface area contributed by atoms with Gasteiger partial charge in [0.1, 0.15) is 18.3 Å². The third kappa shape index (κ3) is 8.97. The van der Waals surface area contributed by atoms with E-state index < -0.39 is 28.5 Å². The van der Waals surface area contributed by atoms with Crippen LogP contribution in [0.5, 0.6) is 5.75 Å². The second-order valence-electron chi connectivity index (χ2n) is 11.1. The first kappa shape index (κ1) is 34.2. The molecule has 9 heteroatoms. The number of ether oxygens (including phenoxy) is 1. The maximum Gasteiger partial charge on any atom is 0.264 e. The van der Waals surface area contributed by atoms with Crippen LogP contribution in [0.1, 0.15) is 43.4 Å². The average Bonchev–Trinajstić information content (AvgIpc) is 3.06. The smallest absolute Gasteiger partial charge is 0.264 e. The highest BCUT2D eigenvalue weighted by atomic mass is 32.2. The number of para-hydroxylation sites is 2. The zero-order valence-corrected chi connectivity index (χ0v) is 27.6. The fourth-order valence-corrected chi connectivity index (χ4v) is 6.69. The van der Waals surface area contributed by atoms with E-state index in [9.17, 15) is 18.0 Å². The summed E-state index contributed by atoms with van der Waals surface area (Å²) >= 11 is 0. The van der Waals surface area contributed by atoms with Gasteiger partial charge in [0.25, 0.3) is 10.0 Å². The SMILES string of the molecule is CCCCNC(=O)[C@H](Cc1ccccc1)N(Cc1cccc(C)c1)C(=O)CN(c1ccccc1OCC)S(=O)(=O)c1ccccc1. The maximum absolute atomic E-state index is 14.6. The van der Waals surface area contributed by atoms with Crippen molar-refractivity contribution in [2.24, 2.45) is 0 Å². The second-order valence-corrected chi connectivity index (χ2v) is 12.9. The second kappa shape index (κ2) is 16.6. The standard InChI is InChI=1S/C37H43N3O5S/c1-4-6-24-38-37(42)34(26-30-17-9-7-10-18-30)39(27-31-19-15-16-29(3)25-31)36(41)28-40(33-22-13-14-23-35(33)45-5-2)46(43,44)32-20-11-8-12-21-32/h7-23,25,34H,4-6,24,26-28H2,1-3H3,(H,38,42)/t34-/m0/s1. The van der Waals surface area contributed by atoms with Crippen LogP contribution in [0.25, 0.3) is 0 Å². The van der Waals surface area contributed by atoms with Gasteiger partial charge in [-0.25, -0.2) is 8.42 Å². The topological polar surface area (TPSA) is 96.0 Å². The minimum atomic E-state index is -4.22. The first-order valence-electron chi connectivity index (χ1n) is 15.7. The summed E-state index contributed by atoms with van der Waals surface area (Å²) < 4.78 is 35.4. The van der Waals surface area contributed by atoms with E-state index >= 15 is 0 Å². The summed E-state index contributed by atoms with van der Waals surface area (Å²) in [5.41, 5.74) is 2.97. The van der Waals surface area contributed by atoms with Crippen LogP contribution in [0, 0.1) is 6.92 Å². The van der Waals surface area contributed by atoms with Crippen LogP contribution in [-0.4, -0.2) is 50.9 Å². The molecule has 4 rings (SSSR count). The van der Waals surface area contributed by atoms with E-state index in [-0.39, 0.29) is 29.5 Å². The summed E-state index contributed by atoms with van der Waals surface area (Å²) in [5.74, 6) is -0.468. The van der Waals surface area contributed by atoms with Crippen LogP contribution in [-0.2, 0) is 32.6 Å². The van der Waals surface area contributed by atoms with Crippen LogP contribution >= 0.6 is 0 Å². The van der Waals surface area contributed by atoms with Gasteiger partial charge in [-0.2, -0.15) is 0 Å². The Morgan fingerprint density at radius 3 is 2.15 bits per heavy atom. The highest BCUT2D eigenvalue weighted by molar-refractivity contribution is 7.92. The summed E-state index contributed by atoms with van der Waals surface area (Å²) in [6, 6.07) is 31.2. The predicted molar refractivity (Wildman–Crippen MR) is 182 cm³/mol. The zero-order valence-electron chi connectivity index (χ0n) is 26.8. The number of hydrogen-bond donors (Lipinski definition) is 1. The van der Waals surface area contributed by atoms with E-state index in [1.54, 1.807) is 42.5 Å². The number of carbonyl (C=O) groups is 2. The fraction of sp³-hybridized carbons (Fsp3) is 0.297. The Bertz CT molecular complexity index is 1680. The molecular weight excluding hydrogens is 598 g/mol. The minimum absolute atomic E-state index is 0.0393. The number of sulfonamides is 1. The summed E-state index contributed by atoms with van der Waals surface area (Å²) in [6.45, 7) is 6.18. The van der Waals surface area contributed by atoms with Gasteiger partial charge in [0.05, 0.1) is 17.2 Å². The molecule has 0 aliphatic heterocycles. The lowest BCUT2D eigenvalue weighted by Gasteiger charge is -2.34. The number of nitrogens with one attached hydrogen (secondary N) is 1. The van der Waals surface area contributed by atoms with E-state index in [2.05, 4.69) is 5.32 Å². The number of rotatable bonds is 16. The average molecular weight is 642 g/mol. The molecule has 0 heterocycles. The lowest BCUT2D eigenvalue weighted by molar-refractivity contribution is -0.140. The first-order valence-corrected chi connectivity index (χ1v) is 17.1. The van der Waals surface area contributed by atoms with Gasteiger partial charge in [-0.15, -0.1) is 0 Å². The molecule has 1 N–H and O–H groups in total. The van der Waals surface area contributed by atoms with Crippen LogP contribution in [0.4, 0.5) is 5.69 Å².